The highest BCUT2D eigenvalue weighted by Crippen LogP contribution is 2.19. The van der Waals surface area contributed by atoms with Crippen molar-refractivity contribution in [3.05, 3.63) is 33.5 Å². The second kappa shape index (κ2) is 3.95. The monoisotopic (exact) mass is 255 g/mol. The molecule has 6 heteroatoms. The minimum atomic E-state index is -2.80. The lowest BCUT2D eigenvalue weighted by molar-refractivity contribution is 0.145. The zero-order chi connectivity index (χ0) is 10.0. The topological polar surface area (TPSA) is 32.9 Å². The minimum Gasteiger partial charge on any atom is -0.357 e. The number of aromatic nitrogens is 1. The summed E-state index contributed by atoms with van der Waals surface area (Å²) in [6, 6.07) is 0. The molecule has 1 aromatic rings. The van der Waals surface area contributed by atoms with Crippen molar-refractivity contribution in [3.8, 4) is 0 Å². The van der Waals surface area contributed by atoms with Crippen molar-refractivity contribution in [3.63, 3.8) is 0 Å². The fraction of sp³-hybridized carbons (Fsp3) is 0.286. The van der Waals surface area contributed by atoms with E-state index in [-0.39, 0.29) is 10.9 Å². The molecule has 0 aromatic carbocycles. The quantitative estimate of drug-likeness (QED) is 0.809. The van der Waals surface area contributed by atoms with Gasteiger partial charge in [0, 0.05) is 17.1 Å². The standard InChI is InChI=1S/C7H5BrF3NO/c8-1-3-5(7(10)11)12-2-4(9)6(3)13/h2,7H,1H2,(H,12,13). The van der Waals surface area contributed by atoms with Crippen LogP contribution in [0.15, 0.2) is 11.0 Å². The van der Waals surface area contributed by atoms with Crippen LogP contribution in [0.1, 0.15) is 17.7 Å². The van der Waals surface area contributed by atoms with Crippen molar-refractivity contribution in [2.45, 2.75) is 11.8 Å². The van der Waals surface area contributed by atoms with Crippen LogP contribution in [-0.2, 0) is 5.33 Å². The normalized spacial score (nSPS) is 10.8. The lowest BCUT2D eigenvalue weighted by Gasteiger charge is -2.04. The Hall–Kier alpha value is -0.780. The Kier molecular flexibility index (Phi) is 3.13. The molecule has 0 amide bonds. The van der Waals surface area contributed by atoms with Crippen LogP contribution in [0.2, 0.25) is 0 Å². The van der Waals surface area contributed by atoms with Gasteiger partial charge >= 0.3 is 0 Å². The molecule has 1 aromatic heterocycles. The molecule has 0 atom stereocenters. The molecule has 13 heavy (non-hydrogen) atoms. The molecular weight excluding hydrogens is 251 g/mol. The number of H-pyrrole nitrogens is 1. The number of hydrogen-bond acceptors (Lipinski definition) is 1. The molecule has 0 spiro atoms. The van der Waals surface area contributed by atoms with Crippen LogP contribution < -0.4 is 5.43 Å². The van der Waals surface area contributed by atoms with E-state index in [0.717, 1.165) is 0 Å². The molecule has 0 fully saturated rings. The first kappa shape index (κ1) is 10.3. The van der Waals surface area contributed by atoms with Gasteiger partial charge < -0.3 is 4.98 Å². The molecule has 0 aliphatic carbocycles. The van der Waals surface area contributed by atoms with E-state index in [1.165, 1.54) is 0 Å². The van der Waals surface area contributed by atoms with Gasteiger partial charge in [0.2, 0.25) is 5.43 Å². The summed E-state index contributed by atoms with van der Waals surface area (Å²) in [5, 5.41) is -0.0975. The first-order valence-corrected chi connectivity index (χ1v) is 4.44. The van der Waals surface area contributed by atoms with E-state index < -0.39 is 23.4 Å². The van der Waals surface area contributed by atoms with Gasteiger partial charge in [0.1, 0.15) is 0 Å². The van der Waals surface area contributed by atoms with E-state index in [4.69, 9.17) is 0 Å². The molecule has 0 bridgehead atoms. The van der Waals surface area contributed by atoms with Crippen molar-refractivity contribution in [2.75, 3.05) is 0 Å². The van der Waals surface area contributed by atoms with E-state index in [1.807, 2.05) is 4.98 Å². The predicted octanol–water partition coefficient (Wildman–Crippen LogP) is 2.35. The maximum atomic E-state index is 12.6. The highest BCUT2D eigenvalue weighted by molar-refractivity contribution is 9.08. The van der Waals surface area contributed by atoms with Gasteiger partial charge in [-0.25, -0.2) is 13.2 Å². The second-order valence-electron chi connectivity index (χ2n) is 2.29. The number of nitrogens with one attached hydrogen (secondary N) is 1. The van der Waals surface area contributed by atoms with E-state index in [9.17, 15) is 18.0 Å². The smallest absolute Gasteiger partial charge is 0.278 e. The van der Waals surface area contributed by atoms with Crippen LogP contribution in [0.5, 0.6) is 0 Å². The van der Waals surface area contributed by atoms with Gasteiger partial charge in [0.05, 0.1) is 5.69 Å². The first-order valence-electron chi connectivity index (χ1n) is 3.32. The van der Waals surface area contributed by atoms with Crippen LogP contribution in [0.4, 0.5) is 13.2 Å². The maximum Gasteiger partial charge on any atom is 0.278 e. The molecule has 2 nitrogen and oxygen atoms in total. The van der Waals surface area contributed by atoms with Crippen LogP contribution in [-0.4, -0.2) is 4.98 Å². The fourth-order valence-corrected chi connectivity index (χ4v) is 1.44. The summed E-state index contributed by atoms with van der Waals surface area (Å²) in [5.74, 6) is -1.06. The summed E-state index contributed by atoms with van der Waals surface area (Å²) in [6.07, 6.45) is -2.17. The van der Waals surface area contributed by atoms with Crippen LogP contribution in [0.3, 0.4) is 0 Å². The summed E-state index contributed by atoms with van der Waals surface area (Å²) in [6.45, 7) is 0. The summed E-state index contributed by atoms with van der Waals surface area (Å²) in [7, 11) is 0. The Bertz CT molecular complexity index is 363. The van der Waals surface area contributed by atoms with Crippen molar-refractivity contribution in [1.29, 1.82) is 0 Å². The number of rotatable bonds is 2. The molecule has 1 rings (SSSR count). The number of halogens is 4. The number of hydrogen-bond donors (Lipinski definition) is 1. The highest BCUT2D eigenvalue weighted by Gasteiger charge is 2.17. The summed E-state index contributed by atoms with van der Waals surface area (Å²) >= 11 is 2.84. The Balaban J connectivity index is 3.39. The van der Waals surface area contributed by atoms with Gasteiger partial charge in [0.25, 0.3) is 6.43 Å². The molecule has 0 unspecified atom stereocenters. The molecule has 0 radical (unpaired) electrons. The third-order valence-electron chi connectivity index (χ3n) is 1.52. The molecule has 1 N–H and O–H groups in total. The Morgan fingerprint density at radius 3 is 2.62 bits per heavy atom. The molecule has 1 heterocycles. The maximum absolute atomic E-state index is 12.6. The number of pyridine rings is 1. The average molecular weight is 256 g/mol. The first-order chi connectivity index (χ1) is 6.07. The second-order valence-corrected chi connectivity index (χ2v) is 2.85. The molecule has 0 aliphatic rings. The molecular formula is C7H5BrF3NO. The molecule has 0 aliphatic heterocycles. The van der Waals surface area contributed by atoms with E-state index in [0.29, 0.717) is 6.20 Å². The van der Waals surface area contributed by atoms with Gasteiger partial charge in [-0.05, 0) is 0 Å². The summed E-state index contributed by atoms with van der Waals surface area (Å²) in [4.78, 5) is 13.0. The Morgan fingerprint density at radius 2 is 2.15 bits per heavy atom. The SMILES string of the molecule is O=c1c(F)c[nH]c(C(F)F)c1CBr. The zero-order valence-electron chi connectivity index (χ0n) is 6.28. The summed E-state index contributed by atoms with van der Waals surface area (Å²) < 4.78 is 37.0. The lowest BCUT2D eigenvalue weighted by Crippen LogP contribution is -2.16. The van der Waals surface area contributed by atoms with Gasteiger partial charge in [-0.3, -0.25) is 4.79 Å². The van der Waals surface area contributed by atoms with Crippen LogP contribution in [0.25, 0.3) is 0 Å². The summed E-state index contributed by atoms with van der Waals surface area (Å²) in [5.41, 5.74) is -1.80. The Labute approximate surface area is 79.9 Å². The van der Waals surface area contributed by atoms with Gasteiger partial charge in [0.15, 0.2) is 5.82 Å². The van der Waals surface area contributed by atoms with Crippen molar-refractivity contribution in [2.24, 2.45) is 0 Å². The van der Waals surface area contributed by atoms with Gasteiger partial charge in [-0.2, -0.15) is 0 Å². The number of alkyl halides is 3. The molecule has 0 saturated heterocycles. The molecule has 72 valence electrons. The van der Waals surface area contributed by atoms with Crippen molar-refractivity contribution < 1.29 is 13.2 Å². The van der Waals surface area contributed by atoms with Gasteiger partial charge in [-0.1, -0.05) is 15.9 Å². The van der Waals surface area contributed by atoms with Crippen LogP contribution in [0, 0.1) is 5.82 Å². The van der Waals surface area contributed by atoms with E-state index >= 15 is 0 Å². The Morgan fingerprint density at radius 1 is 1.54 bits per heavy atom. The molecule has 0 saturated carbocycles. The fourth-order valence-electron chi connectivity index (χ4n) is 0.888. The van der Waals surface area contributed by atoms with Crippen molar-refractivity contribution in [1.82, 2.24) is 4.98 Å². The minimum absolute atomic E-state index is 0.0975. The van der Waals surface area contributed by atoms with Gasteiger partial charge in [-0.15, -0.1) is 0 Å². The van der Waals surface area contributed by atoms with E-state index in [2.05, 4.69) is 15.9 Å². The largest absolute Gasteiger partial charge is 0.357 e. The highest BCUT2D eigenvalue weighted by atomic mass is 79.9. The predicted molar refractivity (Wildman–Crippen MR) is 44.6 cm³/mol. The average Bonchev–Trinajstić information content (AvgIpc) is 2.09. The third-order valence-corrected chi connectivity index (χ3v) is 2.08. The zero-order valence-corrected chi connectivity index (χ0v) is 7.87. The van der Waals surface area contributed by atoms with Crippen LogP contribution >= 0.6 is 15.9 Å². The van der Waals surface area contributed by atoms with E-state index in [1.54, 1.807) is 0 Å². The van der Waals surface area contributed by atoms with Crippen molar-refractivity contribution >= 4 is 15.9 Å². The third kappa shape index (κ3) is 1.93. The number of aromatic amines is 1. The lowest BCUT2D eigenvalue weighted by atomic mass is 10.2.